The molecule has 0 spiro atoms. The van der Waals surface area contributed by atoms with Crippen LogP contribution in [0.4, 0.5) is 0 Å². The van der Waals surface area contributed by atoms with Crippen LogP contribution in [-0.2, 0) is 10.4 Å². The number of hydrogen-bond acceptors (Lipinski definition) is 2. The molecule has 0 rings (SSSR count). The van der Waals surface area contributed by atoms with Gasteiger partial charge in [0.05, 0.1) is 0 Å². The second-order valence-electron chi connectivity index (χ2n) is 0.448. The molecule has 0 heterocycles. The molecular formula is H20O13STh. The summed E-state index contributed by atoms with van der Waals surface area (Å²) in [6, 6.07) is 0. The maximum absolute atomic E-state index is 8.74. The average Bonchev–Trinajstić information content (AvgIpc) is 0.722. The largest absolute Gasteiger partial charge is 0.412 e. The summed E-state index contributed by atoms with van der Waals surface area (Å²) >= 11 is 0. The fourth-order valence-electron chi connectivity index (χ4n) is 0. The quantitative estimate of drug-likeness (QED) is 0.311. The molecule has 0 aliphatic rings. The van der Waals surface area contributed by atoms with Gasteiger partial charge in [-0.2, -0.15) is 8.42 Å². The van der Waals surface area contributed by atoms with Crippen LogP contribution in [0.2, 0.25) is 0 Å². The Balaban J connectivity index is -0.00000000178. The van der Waals surface area contributed by atoms with Gasteiger partial charge in [0.2, 0.25) is 0 Å². The molecule has 0 radical (unpaired) electrons. The Bertz CT molecular complexity index is 93.7. The van der Waals surface area contributed by atoms with E-state index in [1.807, 2.05) is 0 Å². The molecule has 0 unspecified atom stereocenters. The van der Waals surface area contributed by atoms with Gasteiger partial charge in [0.15, 0.2) is 0 Å². The van der Waals surface area contributed by atoms with Crippen molar-refractivity contribution in [3.63, 3.8) is 0 Å². The summed E-state index contributed by atoms with van der Waals surface area (Å²) in [5.74, 6) is 0. The van der Waals surface area contributed by atoms with Crippen LogP contribution in [0, 0.1) is 39.9 Å². The summed E-state index contributed by atoms with van der Waals surface area (Å²) in [7, 11) is -4.67. The van der Waals surface area contributed by atoms with Gasteiger partial charge < -0.3 is 49.3 Å². The molecule has 0 aliphatic heterocycles. The van der Waals surface area contributed by atoms with Crippen molar-refractivity contribution in [3.05, 3.63) is 0 Å². The first kappa shape index (κ1) is 149. The van der Waals surface area contributed by atoms with E-state index in [1.165, 1.54) is 0 Å². The van der Waals surface area contributed by atoms with Crippen molar-refractivity contribution < 1.29 is 107 Å². The molecule has 0 saturated carbocycles. The predicted molar refractivity (Wildman–Crippen MR) is 46.7 cm³/mol. The Morgan fingerprint density at radius 2 is 0.533 bits per heavy atom. The van der Waals surface area contributed by atoms with E-state index in [1.54, 1.807) is 0 Å². The molecule has 0 aromatic carbocycles. The molecule has 108 valence electrons. The Morgan fingerprint density at radius 1 is 0.533 bits per heavy atom. The van der Waals surface area contributed by atoms with Crippen LogP contribution >= 0.6 is 0 Å². The van der Waals surface area contributed by atoms with Crippen molar-refractivity contribution in [2.45, 2.75) is 0 Å². The average molecular weight is 492 g/mol. The molecule has 0 aliphatic carbocycles. The fourth-order valence-corrected chi connectivity index (χ4v) is 0. The Hall–Kier alpha value is 0.835. The van der Waals surface area contributed by atoms with Gasteiger partial charge in [-0.25, -0.2) is 0 Å². The summed E-state index contributed by atoms with van der Waals surface area (Å²) in [4.78, 5) is 0. The molecule has 13 nitrogen and oxygen atoms in total. The van der Waals surface area contributed by atoms with E-state index in [2.05, 4.69) is 0 Å². The van der Waals surface area contributed by atoms with Gasteiger partial charge in [-0.3, -0.25) is 9.11 Å². The Morgan fingerprint density at radius 3 is 0.533 bits per heavy atom. The Kier molecular flexibility index (Phi) is 604. The predicted octanol–water partition coefficient (Wildman–Crippen LogP) is -8.08. The van der Waals surface area contributed by atoms with E-state index in [4.69, 9.17) is 17.5 Å². The topological polar surface area (TPSA) is 358 Å². The van der Waals surface area contributed by atoms with Crippen molar-refractivity contribution in [1.29, 1.82) is 0 Å². The molecule has 0 amide bonds. The zero-order valence-corrected chi connectivity index (χ0v) is 12.0. The summed E-state index contributed by atoms with van der Waals surface area (Å²) in [6.07, 6.45) is 0. The third-order valence-electron chi connectivity index (χ3n) is 0. The van der Waals surface area contributed by atoms with Gasteiger partial charge in [-0.05, 0) is 0 Å². The van der Waals surface area contributed by atoms with Crippen LogP contribution in [0.1, 0.15) is 0 Å². The van der Waals surface area contributed by atoms with Gasteiger partial charge in [-0.1, -0.05) is 0 Å². The zero-order chi connectivity index (χ0) is 4.50. The molecule has 0 atom stereocenters. The molecule has 0 saturated heterocycles. The monoisotopic (exact) mass is 492 g/mol. The summed E-state index contributed by atoms with van der Waals surface area (Å²) < 4.78 is 31.6. The van der Waals surface area contributed by atoms with E-state index in [0.717, 1.165) is 0 Å². The standard InChI is InChI=1S/H2O4S.9H2O.Th/c1-5(2,3)4;;;;;;;;;;/h(H2,1,2,3,4);9*1H2;. The first-order valence-corrected chi connectivity index (χ1v) is 2.10. The van der Waals surface area contributed by atoms with Crippen LogP contribution in [-0.4, -0.2) is 66.8 Å². The summed E-state index contributed by atoms with van der Waals surface area (Å²) in [6.45, 7) is 0. The van der Waals surface area contributed by atoms with Crippen LogP contribution in [0.5, 0.6) is 0 Å². The number of hydrogen-bond donors (Lipinski definition) is 2. The van der Waals surface area contributed by atoms with Gasteiger partial charge in [-0.15, -0.1) is 0 Å². The van der Waals surface area contributed by atoms with Crippen LogP contribution in [0.15, 0.2) is 0 Å². The first-order valence-electron chi connectivity index (χ1n) is 0.698. The van der Waals surface area contributed by atoms with E-state index >= 15 is 0 Å². The van der Waals surface area contributed by atoms with E-state index in [9.17, 15) is 0 Å². The third-order valence-corrected chi connectivity index (χ3v) is 0. The van der Waals surface area contributed by atoms with E-state index < -0.39 is 10.4 Å². The van der Waals surface area contributed by atoms with Crippen molar-refractivity contribution in [1.82, 2.24) is 0 Å². The SMILES string of the molecule is O.O.O.O.O.O.O.O.O.O=S(=O)(O)O.[Th]. The molecule has 15 heavy (non-hydrogen) atoms. The van der Waals surface area contributed by atoms with Gasteiger partial charge in [0.25, 0.3) is 0 Å². The summed E-state index contributed by atoms with van der Waals surface area (Å²) in [5, 5.41) is 0. The van der Waals surface area contributed by atoms with Crippen LogP contribution in [0.3, 0.4) is 0 Å². The van der Waals surface area contributed by atoms with Gasteiger partial charge in [0, 0.05) is 39.9 Å². The van der Waals surface area contributed by atoms with Gasteiger partial charge in [0.1, 0.15) is 0 Å². The minimum Gasteiger partial charge on any atom is -0.412 e. The van der Waals surface area contributed by atoms with Crippen molar-refractivity contribution in [3.8, 4) is 0 Å². The van der Waals surface area contributed by atoms with E-state index in [0.29, 0.717) is 0 Å². The second kappa shape index (κ2) is 60.8. The molecule has 0 fully saturated rings. The molecule has 20 N–H and O–H groups in total. The molecular weight excluding hydrogens is 472 g/mol. The molecule has 15 heteroatoms. The molecule has 0 bridgehead atoms. The zero-order valence-electron chi connectivity index (χ0n) is 7.12. The smallest absolute Gasteiger partial charge is 0.394 e. The van der Waals surface area contributed by atoms with Crippen molar-refractivity contribution >= 4 is 10.4 Å². The maximum atomic E-state index is 8.74. The molecule has 0 aromatic rings. The summed E-state index contributed by atoms with van der Waals surface area (Å²) in [5.41, 5.74) is 0. The number of rotatable bonds is 0. The van der Waals surface area contributed by atoms with Crippen LogP contribution < -0.4 is 0 Å². The second-order valence-corrected chi connectivity index (χ2v) is 1.34. The molecule has 0 aromatic heterocycles. The van der Waals surface area contributed by atoms with Crippen LogP contribution in [0.25, 0.3) is 0 Å². The normalized spacial score (nSPS) is 3.87. The minimum atomic E-state index is -4.67. The minimum absolute atomic E-state index is 0. The Labute approximate surface area is 117 Å². The maximum Gasteiger partial charge on any atom is 0.394 e. The van der Waals surface area contributed by atoms with Gasteiger partial charge >= 0.3 is 10.4 Å². The fraction of sp³-hybridized carbons (Fsp3) is 0. The van der Waals surface area contributed by atoms with E-state index in [-0.39, 0.29) is 89.2 Å². The van der Waals surface area contributed by atoms with Crippen molar-refractivity contribution in [2.75, 3.05) is 0 Å². The van der Waals surface area contributed by atoms with Crippen molar-refractivity contribution in [2.24, 2.45) is 0 Å². The first-order chi connectivity index (χ1) is 2.00. The third kappa shape index (κ3) is 3510.